The second-order valence-electron chi connectivity index (χ2n) is 7.51. The highest BCUT2D eigenvalue weighted by atomic mass is 79.9. The monoisotopic (exact) mass is 528 g/mol. The molecule has 0 fully saturated rings. The predicted octanol–water partition coefficient (Wildman–Crippen LogP) is 4.17. The van der Waals surface area contributed by atoms with Gasteiger partial charge in [0.25, 0.3) is 15.9 Å². The molecule has 3 aromatic carbocycles. The van der Waals surface area contributed by atoms with Gasteiger partial charge in [0.2, 0.25) is 0 Å². The number of hydrogen-bond acceptors (Lipinski definition) is 5. The van der Waals surface area contributed by atoms with Crippen LogP contribution in [0.2, 0.25) is 0 Å². The lowest BCUT2D eigenvalue weighted by Gasteiger charge is -2.25. The summed E-state index contributed by atoms with van der Waals surface area (Å²) in [4.78, 5) is 14.7. The van der Waals surface area contributed by atoms with E-state index in [2.05, 4.69) is 26.5 Å². The summed E-state index contributed by atoms with van der Waals surface area (Å²) < 4.78 is 28.7. The molecule has 3 aromatic rings. The third kappa shape index (κ3) is 6.00. The number of sulfonamides is 1. The van der Waals surface area contributed by atoms with Crippen LogP contribution in [0.15, 0.2) is 87.3 Å². The molecule has 1 amide bonds. The third-order valence-corrected chi connectivity index (χ3v) is 7.27. The van der Waals surface area contributed by atoms with Crippen molar-refractivity contribution in [2.75, 3.05) is 29.8 Å². The maximum Gasteiger partial charge on any atom is 0.264 e. The summed E-state index contributed by atoms with van der Waals surface area (Å²) in [5.74, 6) is -0.557. The number of para-hydroxylation sites is 1. The molecule has 3 rings (SSSR count). The number of aryl methyl sites for hydroxylation is 1. The summed E-state index contributed by atoms with van der Waals surface area (Å²) >= 11 is 3.51. The first-order valence-corrected chi connectivity index (χ1v) is 12.4. The molecule has 0 aromatic heterocycles. The molecule has 172 valence electrons. The Hall–Kier alpha value is -3.17. The van der Waals surface area contributed by atoms with E-state index < -0.39 is 22.5 Å². The minimum Gasteiger partial charge on any atom is -0.377 e. The number of hydrazone groups is 1. The quantitative estimate of drug-likeness (QED) is 0.351. The normalized spacial score (nSPS) is 11.4. The predicted molar refractivity (Wildman–Crippen MR) is 136 cm³/mol. The van der Waals surface area contributed by atoms with Crippen LogP contribution < -0.4 is 14.6 Å². The molecule has 0 aliphatic rings. The number of anilines is 2. The maximum absolute atomic E-state index is 13.3. The molecule has 0 atom stereocenters. The van der Waals surface area contributed by atoms with Crippen LogP contribution >= 0.6 is 15.9 Å². The zero-order chi connectivity index (χ0) is 24.0. The lowest BCUT2D eigenvalue weighted by molar-refractivity contribution is -0.119. The van der Waals surface area contributed by atoms with Crippen molar-refractivity contribution in [3.63, 3.8) is 0 Å². The lowest BCUT2D eigenvalue weighted by atomic mass is 10.2. The molecule has 0 aliphatic carbocycles. The van der Waals surface area contributed by atoms with Gasteiger partial charge in [0.05, 0.1) is 22.5 Å². The number of amides is 1. The Labute approximate surface area is 202 Å². The van der Waals surface area contributed by atoms with E-state index in [1.807, 2.05) is 43.3 Å². The van der Waals surface area contributed by atoms with Gasteiger partial charge in [-0.15, -0.1) is 0 Å². The molecule has 0 radical (unpaired) electrons. The van der Waals surface area contributed by atoms with E-state index in [4.69, 9.17) is 0 Å². The Kier molecular flexibility index (Phi) is 7.88. The summed E-state index contributed by atoms with van der Waals surface area (Å²) in [6.07, 6.45) is 1.51. The van der Waals surface area contributed by atoms with Gasteiger partial charge < -0.3 is 4.90 Å². The summed E-state index contributed by atoms with van der Waals surface area (Å²) in [6, 6.07) is 20.8. The molecule has 0 saturated heterocycles. The summed E-state index contributed by atoms with van der Waals surface area (Å²) in [7, 11) is -0.0732. The van der Waals surface area contributed by atoms with E-state index in [9.17, 15) is 13.2 Å². The van der Waals surface area contributed by atoms with Crippen LogP contribution in [0.1, 0.15) is 11.1 Å². The molecule has 0 unspecified atom stereocenters. The zero-order valence-corrected chi connectivity index (χ0v) is 21.0. The van der Waals surface area contributed by atoms with Crippen molar-refractivity contribution in [2.24, 2.45) is 5.10 Å². The van der Waals surface area contributed by atoms with Crippen LogP contribution in [0.5, 0.6) is 0 Å². The molecule has 0 heterocycles. The Bertz CT molecular complexity index is 1260. The topological polar surface area (TPSA) is 82.1 Å². The van der Waals surface area contributed by atoms with Gasteiger partial charge in [-0.1, -0.05) is 42.5 Å². The van der Waals surface area contributed by atoms with Crippen molar-refractivity contribution in [1.82, 2.24) is 5.43 Å². The second kappa shape index (κ2) is 10.6. The smallest absolute Gasteiger partial charge is 0.264 e. The van der Waals surface area contributed by atoms with Crippen LogP contribution in [0.4, 0.5) is 11.4 Å². The minimum absolute atomic E-state index is 0.107. The highest BCUT2D eigenvalue weighted by Crippen LogP contribution is 2.27. The van der Waals surface area contributed by atoms with E-state index in [-0.39, 0.29) is 4.90 Å². The standard InChI is InChI=1S/C24H25BrN4O3S/c1-18-9-7-8-12-22(18)29(33(31,32)20-10-5-4-6-11-20)17-24(30)27-26-16-19-13-14-23(28(2)3)21(25)15-19/h4-16H,17H2,1-3H3,(H,27,30)/b26-16+. The van der Waals surface area contributed by atoms with Crippen LogP contribution in [0.3, 0.4) is 0 Å². The SMILES string of the molecule is Cc1ccccc1N(CC(=O)N/N=C/c1ccc(N(C)C)c(Br)c1)S(=O)(=O)c1ccccc1. The first-order chi connectivity index (χ1) is 15.7. The van der Waals surface area contributed by atoms with Crippen LogP contribution in [-0.2, 0) is 14.8 Å². The second-order valence-corrected chi connectivity index (χ2v) is 10.2. The number of nitrogens with zero attached hydrogens (tertiary/aromatic N) is 3. The molecule has 0 bridgehead atoms. The first kappa shape index (κ1) is 24.5. The molecular formula is C24H25BrN4O3S. The fraction of sp³-hybridized carbons (Fsp3) is 0.167. The largest absolute Gasteiger partial charge is 0.377 e. The van der Waals surface area contributed by atoms with Crippen molar-refractivity contribution < 1.29 is 13.2 Å². The van der Waals surface area contributed by atoms with Gasteiger partial charge in [-0.2, -0.15) is 5.10 Å². The number of carbonyl (C=O) groups is 1. The van der Waals surface area contributed by atoms with Crippen molar-refractivity contribution in [2.45, 2.75) is 11.8 Å². The van der Waals surface area contributed by atoms with Crippen LogP contribution in [0.25, 0.3) is 0 Å². The number of carbonyl (C=O) groups excluding carboxylic acids is 1. The fourth-order valence-corrected chi connectivity index (χ4v) is 5.43. The molecule has 7 nitrogen and oxygen atoms in total. The highest BCUT2D eigenvalue weighted by molar-refractivity contribution is 9.10. The Balaban J connectivity index is 1.81. The van der Waals surface area contributed by atoms with Gasteiger partial charge in [-0.3, -0.25) is 9.10 Å². The number of nitrogens with one attached hydrogen (secondary N) is 1. The van der Waals surface area contributed by atoms with E-state index >= 15 is 0 Å². The van der Waals surface area contributed by atoms with Gasteiger partial charge >= 0.3 is 0 Å². The molecular weight excluding hydrogens is 504 g/mol. The van der Waals surface area contributed by atoms with E-state index in [1.165, 1.54) is 18.3 Å². The Morgan fingerprint density at radius 3 is 2.30 bits per heavy atom. The number of halogens is 1. The molecule has 0 aliphatic heterocycles. The molecule has 0 saturated carbocycles. The zero-order valence-electron chi connectivity index (χ0n) is 18.6. The van der Waals surface area contributed by atoms with Crippen molar-refractivity contribution in [3.05, 3.63) is 88.4 Å². The summed E-state index contributed by atoms with van der Waals surface area (Å²) in [6.45, 7) is 1.39. The lowest BCUT2D eigenvalue weighted by Crippen LogP contribution is -2.40. The van der Waals surface area contributed by atoms with Gasteiger partial charge in [0.1, 0.15) is 6.54 Å². The number of benzene rings is 3. The summed E-state index contributed by atoms with van der Waals surface area (Å²) in [5.41, 5.74) is 5.39. The average Bonchev–Trinajstić information content (AvgIpc) is 2.78. The Morgan fingerprint density at radius 1 is 1.00 bits per heavy atom. The van der Waals surface area contributed by atoms with Crippen LogP contribution in [-0.4, -0.2) is 41.2 Å². The van der Waals surface area contributed by atoms with Gasteiger partial charge in [0, 0.05) is 18.6 Å². The van der Waals surface area contributed by atoms with Gasteiger partial charge in [-0.05, 0) is 64.3 Å². The molecule has 33 heavy (non-hydrogen) atoms. The number of hydrogen-bond donors (Lipinski definition) is 1. The molecule has 1 N–H and O–H groups in total. The average molecular weight is 529 g/mol. The van der Waals surface area contributed by atoms with E-state index in [1.54, 1.807) is 43.3 Å². The number of rotatable bonds is 8. The third-order valence-electron chi connectivity index (χ3n) is 4.86. The van der Waals surface area contributed by atoms with Crippen LogP contribution in [0, 0.1) is 6.92 Å². The molecule has 9 heteroatoms. The summed E-state index contributed by atoms with van der Waals surface area (Å²) in [5, 5.41) is 4.00. The van der Waals surface area contributed by atoms with E-state index in [0.29, 0.717) is 5.69 Å². The fourth-order valence-electron chi connectivity index (χ4n) is 3.17. The van der Waals surface area contributed by atoms with E-state index in [0.717, 1.165) is 25.6 Å². The van der Waals surface area contributed by atoms with Gasteiger partial charge in [0.15, 0.2) is 0 Å². The highest BCUT2D eigenvalue weighted by Gasteiger charge is 2.27. The Morgan fingerprint density at radius 2 is 1.67 bits per heavy atom. The molecule has 0 spiro atoms. The van der Waals surface area contributed by atoms with Gasteiger partial charge in [-0.25, -0.2) is 13.8 Å². The first-order valence-electron chi connectivity index (χ1n) is 10.1. The maximum atomic E-state index is 13.3. The minimum atomic E-state index is -3.96. The van der Waals surface area contributed by atoms with Crippen molar-refractivity contribution in [3.8, 4) is 0 Å². The van der Waals surface area contributed by atoms with Crippen molar-refractivity contribution >= 4 is 49.4 Å². The van der Waals surface area contributed by atoms with Crippen molar-refractivity contribution in [1.29, 1.82) is 0 Å².